The van der Waals surface area contributed by atoms with Crippen molar-refractivity contribution in [2.24, 2.45) is 5.16 Å². The van der Waals surface area contributed by atoms with Gasteiger partial charge in [-0.1, -0.05) is 5.16 Å². The van der Waals surface area contributed by atoms with Crippen LogP contribution in [0.2, 0.25) is 0 Å². The van der Waals surface area contributed by atoms with Gasteiger partial charge in [-0.3, -0.25) is 0 Å². The standard InChI is InChI=1S/C9H7Br2NO/c10-8-3-5-1-7(12-13)2-6(5)4-9(8)11/h3-4,13H,1-2H2. The second-order valence-corrected chi connectivity index (χ2v) is 4.76. The minimum Gasteiger partial charge on any atom is -0.411 e. The van der Waals surface area contributed by atoms with E-state index in [1.165, 1.54) is 11.1 Å². The quantitative estimate of drug-likeness (QED) is 0.579. The van der Waals surface area contributed by atoms with Crippen molar-refractivity contribution in [3.05, 3.63) is 32.2 Å². The minimum absolute atomic E-state index is 0.762. The van der Waals surface area contributed by atoms with Gasteiger partial charge < -0.3 is 5.21 Å². The zero-order chi connectivity index (χ0) is 9.42. The van der Waals surface area contributed by atoms with Crippen molar-refractivity contribution in [2.75, 3.05) is 0 Å². The largest absolute Gasteiger partial charge is 0.411 e. The highest BCUT2D eigenvalue weighted by molar-refractivity contribution is 9.13. The van der Waals surface area contributed by atoms with Crippen molar-refractivity contribution in [3.63, 3.8) is 0 Å². The molecule has 0 spiro atoms. The summed E-state index contributed by atoms with van der Waals surface area (Å²) in [5.74, 6) is 0. The Morgan fingerprint density at radius 3 is 1.92 bits per heavy atom. The summed E-state index contributed by atoms with van der Waals surface area (Å²) in [6, 6.07) is 4.13. The highest BCUT2D eigenvalue weighted by atomic mass is 79.9. The average Bonchev–Trinajstić information content (AvgIpc) is 2.48. The van der Waals surface area contributed by atoms with E-state index in [9.17, 15) is 0 Å². The van der Waals surface area contributed by atoms with Crippen molar-refractivity contribution in [3.8, 4) is 0 Å². The third-order valence-electron chi connectivity index (χ3n) is 2.17. The summed E-state index contributed by atoms with van der Waals surface area (Å²) >= 11 is 6.88. The zero-order valence-corrected chi connectivity index (χ0v) is 9.89. The fourth-order valence-electron chi connectivity index (χ4n) is 1.53. The van der Waals surface area contributed by atoms with E-state index in [-0.39, 0.29) is 0 Å². The Labute approximate surface area is 92.9 Å². The van der Waals surface area contributed by atoms with Crippen molar-refractivity contribution in [2.45, 2.75) is 12.8 Å². The van der Waals surface area contributed by atoms with Crippen molar-refractivity contribution in [1.82, 2.24) is 0 Å². The number of halogens is 2. The predicted octanol–water partition coefficient (Wildman–Crippen LogP) is 3.14. The molecule has 0 amide bonds. The molecule has 1 aromatic carbocycles. The van der Waals surface area contributed by atoms with Gasteiger partial charge in [0.15, 0.2) is 0 Å². The van der Waals surface area contributed by atoms with Gasteiger partial charge in [0, 0.05) is 21.8 Å². The normalized spacial score (nSPS) is 14.5. The average molecular weight is 305 g/mol. The first-order chi connectivity index (χ1) is 6.20. The highest BCUT2D eigenvalue weighted by Gasteiger charge is 2.18. The molecule has 0 radical (unpaired) electrons. The Hall–Kier alpha value is -0.350. The van der Waals surface area contributed by atoms with E-state index in [0.717, 1.165) is 27.5 Å². The van der Waals surface area contributed by atoms with E-state index in [2.05, 4.69) is 49.1 Å². The third kappa shape index (κ3) is 1.65. The van der Waals surface area contributed by atoms with Crippen LogP contribution in [0.3, 0.4) is 0 Å². The van der Waals surface area contributed by atoms with Gasteiger partial charge in [0.05, 0.1) is 5.71 Å². The molecule has 13 heavy (non-hydrogen) atoms. The van der Waals surface area contributed by atoms with Crippen LogP contribution in [0.1, 0.15) is 11.1 Å². The Bertz CT molecular complexity index is 354. The number of nitrogens with zero attached hydrogens (tertiary/aromatic N) is 1. The molecule has 0 saturated heterocycles. The van der Waals surface area contributed by atoms with Gasteiger partial charge in [-0.25, -0.2) is 0 Å². The first-order valence-corrected chi connectivity index (χ1v) is 5.46. The van der Waals surface area contributed by atoms with Gasteiger partial charge >= 0.3 is 0 Å². The molecule has 1 aliphatic rings. The first-order valence-electron chi connectivity index (χ1n) is 3.87. The molecule has 0 atom stereocenters. The maximum atomic E-state index is 8.64. The van der Waals surface area contributed by atoms with Crippen LogP contribution in [-0.4, -0.2) is 10.9 Å². The summed E-state index contributed by atoms with van der Waals surface area (Å²) in [7, 11) is 0. The molecule has 4 heteroatoms. The molecule has 0 heterocycles. The molecule has 1 aromatic rings. The SMILES string of the molecule is ON=C1Cc2cc(Br)c(Br)cc2C1. The van der Waals surface area contributed by atoms with Gasteiger partial charge in [-0.2, -0.15) is 0 Å². The Morgan fingerprint density at radius 2 is 1.54 bits per heavy atom. The van der Waals surface area contributed by atoms with Crippen molar-refractivity contribution < 1.29 is 5.21 Å². The number of rotatable bonds is 0. The van der Waals surface area contributed by atoms with Crippen LogP contribution in [0.5, 0.6) is 0 Å². The molecule has 0 fully saturated rings. The second-order valence-electron chi connectivity index (χ2n) is 3.05. The lowest BCUT2D eigenvalue weighted by Gasteiger charge is -2.00. The molecule has 0 aromatic heterocycles. The molecule has 2 rings (SSSR count). The second kappa shape index (κ2) is 3.42. The Kier molecular flexibility index (Phi) is 2.43. The van der Waals surface area contributed by atoms with Crippen LogP contribution in [-0.2, 0) is 12.8 Å². The molecule has 0 unspecified atom stereocenters. The van der Waals surface area contributed by atoms with Crippen LogP contribution >= 0.6 is 31.9 Å². The molecule has 2 nitrogen and oxygen atoms in total. The molecular formula is C9H7Br2NO. The third-order valence-corrected chi connectivity index (χ3v) is 4.02. The maximum Gasteiger partial charge on any atom is 0.0658 e. The van der Waals surface area contributed by atoms with Gasteiger partial charge in [0.25, 0.3) is 0 Å². The smallest absolute Gasteiger partial charge is 0.0658 e. The highest BCUT2D eigenvalue weighted by Crippen LogP contribution is 2.30. The van der Waals surface area contributed by atoms with Crippen LogP contribution in [0.15, 0.2) is 26.2 Å². The van der Waals surface area contributed by atoms with Crippen molar-refractivity contribution in [1.29, 1.82) is 0 Å². The summed E-state index contributed by atoms with van der Waals surface area (Å²) in [4.78, 5) is 0. The van der Waals surface area contributed by atoms with Crippen LogP contribution < -0.4 is 0 Å². The Morgan fingerprint density at radius 1 is 1.08 bits per heavy atom. The molecule has 0 aliphatic heterocycles. The van der Waals surface area contributed by atoms with E-state index in [1.807, 2.05) is 0 Å². The monoisotopic (exact) mass is 303 g/mol. The topological polar surface area (TPSA) is 32.6 Å². The fourth-order valence-corrected chi connectivity index (χ4v) is 2.31. The van der Waals surface area contributed by atoms with E-state index in [0.29, 0.717) is 0 Å². The minimum atomic E-state index is 0.762. The lowest BCUT2D eigenvalue weighted by Crippen LogP contribution is -1.94. The van der Waals surface area contributed by atoms with Crippen LogP contribution in [0.4, 0.5) is 0 Å². The number of hydrogen-bond donors (Lipinski definition) is 1. The van der Waals surface area contributed by atoms with Gasteiger partial charge in [0.1, 0.15) is 0 Å². The maximum absolute atomic E-state index is 8.64. The lowest BCUT2D eigenvalue weighted by molar-refractivity contribution is 0.317. The molecule has 1 aliphatic carbocycles. The van der Waals surface area contributed by atoms with Gasteiger partial charge in [-0.15, -0.1) is 0 Å². The van der Waals surface area contributed by atoms with E-state index >= 15 is 0 Å². The summed E-state index contributed by atoms with van der Waals surface area (Å²) in [6.07, 6.45) is 1.52. The number of fused-ring (bicyclic) bond motifs is 1. The molecule has 68 valence electrons. The van der Waals surface area contributed by atoms with Gasteiger partial charge in [0.2, 0.25) is 0 Å². The summed E-state index contributed by atoms with van der Waals surface area (Å²) in [6.45, 7) is 0. The summed E-state index contributed by atoms with van der Waals surface area (Å²) in [5.41, 5.74) is 3.31. The zero-order valence-electron chi connectivity index (χ0n) is 6.72. The summed E-state index contributed by atoms with van der Waals surface area (Å²) < 4.78 is 2.09. The predicted molar refractivity (Wildman–Crippen MR) is 58.5 cm³/mol. The van der Waals surface area contributed by atoms with E-state index < -0.39 is 0 Å². The number of hydrogen-bond acceptors (Lipinski definition) is 2. The number of oxime groups is 1. The van der Waals surface area contributed by atoms with E-state index in [1.54, 1.807) is 0 Å². The van der Waals surface area contributed by atoms with Gasteiger partial charge in [-0.05, 0) is 55.1 Å². The van der Waals surface area contributed by atoms with Crippen molar-refractivity contribution >= 4 is 37.6 Å². The number of benzene rings is 1. The lowest BCUT2D eigenvalue weighted by atomic mass is 10.1. The summed E-state index contributed by atoms with van der Waals surface area (Å²) in [5, 5.41) is 11.9. The molecular weight excluding hydrogens is 298 g/mol. The molecule has 0 bridgehead atoms. The van der Waals surface area contributed by atoms with E-state index in [4.69, 9.17) is 5.21 Å². The van der Waals surface area contributed by atoms with Crippen LogP contribution in [0, 0.1) is 0 Å². The first kappa shape index (κ1) is 9.21. The Balaban J connectivity index is 2.47. The van der Waals surface area contributed by atoms with Crippen LogP contribution in [0.25, 0.3) is 0 Å². The fraction of sp³-hybridized carbons (Fsp3) is 0.222. The molecule has 0 saturated carbocycles. The molecule has 1 N–H and O–H groups in total.